The van der Waals surface area contributed by atoms with Gasteiger partial charge in [0.25, 0.3) is 0 Å². The van der Waals surface area contributed by atoms with Crippen molar-refractivity contribution in [2.45, 2.75) is 38.3 Å². The number of carbonyl (C=O) groups is 1. The third-order valence-electron chi connectivity index (χ3n) is 3.31. The summed E-state index contributed by atoms with van der Waals surface area (Å²) in [5.74, 6) is 0.187. The molecule has 1 atom stereocenters. The topological polar surface area (TPSA) is 48.0 Å². The van der Waals surface area contributed by atoms with E-state index in [1.165, 1.54) is 0 Å². The van der Waals surface area contributed by atoms with E-state index < -0.39 is 8.80 Å². The molecule has 100 valence electrons. The van der Waals surface area contributed by atoms with Crippen molar-refractivity contribution in [1.29, 1.82) is 0 Å². The highest BCUT2D eigenvalue weighted by molar-refractivity contribution is 6.62. The number of carbonyl (C=O) groups excluding carboxylic acids is 1. The molecule has 1 aliphatic rings. The van der Waals surface area contributed by atoms with Crippen molar-refractivity contribution in [1.82, 2.24) is 4.90 Å². The number of hydrogen-bond donors (Lipinski definition) is 0. The van der Waals surface area contributed by atoms with E-state index in [9.17, 15) is 4.79 Å². The van der Waals surface area contributed by atoms with Gasteiger partial charge in [-0.3, -0.25) is 4.79 Å². The van der Waals surface area contributed by atoms with E-state index in [1.807, 2.05) is 4.90 Å². The zero-order valence-electron chi connectivity index (χ0n) is 11.2. The standard InChI is InChI=1S/C11H23NO4Si/c1-5-7-11(12-9-6-8-10(12)13)17(14-2,15-3)16-4/h11H,5-9H2,1-4H3. The van der Waals surface area contributed by atoms with Gasteiger partial charge in [-0.2, -0.15) is 0 Å². The van der Waals surface area contributed by atoms with Gasteiger partial charge in [0.2, 0.25) is 5.91 Å². The van der Waals surface area contributed by atoms with E-state index in [4.69, 9.17) is 13.3 Å². The molecule has 0 aliphatic carbocycles. The SMILES string of the molecule is CCCC(N1CCCC1=O)[Si](OC)(OC)OC. The van der Waals surface area contributed by atoms with Crippen LogP contribution in [0.5, 0.6) is 0 Å². The van der Waals surface area contributed by atoms with Crippen LogP contribution < -0.4 is 0 Å². The Labute approximate surface area is 104 Å². The second-order valence-corrected chi connectivity index (χ2v) is 7.31. The highest BCUT2D eigenvalue weighted by Crippen LogP contribution is 2.26. The quantitative estimate of drug-likeness (QED) is 0.646. The molecule has 0 bridgehead atoms. The van der Waals surface area contributed by atoms with E-state index in [0.29, 0.717) is 6.42 Å². The van der Waals surface area contributed by atoms with Crippen LogP contribution in [0.4, 0.5) is 0 Å². The van der Waals surface area contributed by atoms with Gasteiger partial charge in [-0.25, -0.2) is 0 Å². The number of hydrogen-bond acceptors (Lipinski definition) is 4. The van der Waals surface area contributed by atoms with E-state index in [0.717, 1.165) is 25.8 Å². The maximum absolute atomic E-state index is 11.9. The lowest BCUT2D eigenvalue weighted by Crippen LogP contribution is -2.61. The molecule has 0 N–H and O–H groups in total. The van der Waals surface area contributed by atoms with Crippen LogP contribution >= 0.6 is 0 Å². The Morgan fingerprint density at radius 2 is 1.88 bits per heavy atom. The van der Waals surface area contributed by atoms with Crippen molar-refractivity contribution in [3.05, 3.63) is 0 Å². The fourth-order valence-electron chi connectivity index (χ4n) is 2.45. The van der Waals surface area contributed by atoms with Crippen LogP contribution in [0.2, 0.25) is 0 Å². The van der Waals surface area contributed by atoms with Gasteiger partial charge in [0.1, 0.15) is 5.67 Å². The molecule has 6 heteroatoms. The maximum atomic E-state index is 11.9. The minimum atomic E-state index is -2.77. The Balaban J connectivity index is 2.92. The van der Waals surface area contributed by atoms with Gasteiger partial charge in [0, 0.05) is 34.3 Å². The lowest BCUT2D eigenvalue weighted by molar-refractivity contribution is -0.129. The number of nitrogens with zero attached hydrogens (tertiary/aromatic N) is 1. The minimum absolute atomic E-state index is 0.0532. The summed E-state index contributed by atoms with van der Waals surface area (Å²) in [4.78, 5) is 13.7. The normalized spacial score (nSPS) is 18.8. The second kappa shape index (κ2) is 6.49. The van der Waals surface area contributed by atoms with E-state index in [-0.39, 0.29) is 11.6 Å². The Morgan fingerprint density at radius 3 is 2.24 bits per heavy atom. The average Bonchev–Trinajstić information content (AvgIpc) is 2.77. The van der Waals surface area contributed by atoms with Crippen LogP contribution in [0.1, 0.15) is 32.6 Å². The largest absolute Gasteiger partial charge is 0.523 e. The smallest absolute Gasteiger partial charge is 0.376 e. The summed E-state index contributed by atoms with van der Waals surface area (Å²) < 4.78 is 16.5. The summed E-state index contributed by atoms with van der Waals surface area (Å²) in [6.45, 7) is 2.88. The summed E-state index contributed by atoms with van der Waals surface area (Å²) in [6, 6.07) is 0. The zero-order chi connectivity index (χ0) is 12.9. The Hall–Kier alpha value is -0.433. The van der Waals surface area contributed by atoms with E-state index in [2.05, 4.69) is 6.92 Å². The lowest BCUT2D eigenvalue weighted by Gasteiger charge is -2.37. The first-order chi connectivity index (χ1) is 8.15. The van der Waals surface area contributed by atoms with Crippen LogP contribution in [0.25, 0.3) is 0 Å². The second-order valence-electron chi connectivity index (χ2n) is 4.21. The summed E-state index contributed by atoms with van der Waals surface area (Å²) in [7, 11) is 2.03. The van der Waals surface area contributed by atoms with E-state index >= 15 is 0 Å². The summed E-state index contributed by atoms with van der Waals surface area (Å²) in [6.07, 6.45) is 3.37. The summed E-state index contributed by atoms with van der Waals surface area (Å²) >= 11 is 0. The Bertz CT molecular complexity index is 250. The van der Waals surface area contributed by atoms with Gasteiger partial charge in [-0.05, 0) is 12.8 Å². The zero-order valence-corrected chi connectivity index (χ0v) is 12.2. The van der Waals surface area contributed by atoms with Gasteiger partial charge < -0.3 is 18.2 Å². The van der Waals surface area contributed by atoms with Crippen molar-refractivity contribution in [3.8, 4) is 0 Å². The number of rotatable bonds is 7. The molecule has 1 unspecified atom stereocenters. The van der Waals surface area contributed by atoms with Crippen LogP contribution in [0, 0.1) is 0 Å². The van der Waals surface area contributed by atoms with Crippen LogP contribution in [-0.4, -0.2) is 53.2 Å². The lowest BCUT2D eigenvalue weighted by atomic mass is 10.3. The Kier molecular flexibility index (Phi) is 5.58. The van der Waals surface area contributed by atoms with E-state index in [1.54, 1.807) is 21.3 Å². The highest BCUT2D eigenvalue weighted by atomic mass is 28.4. The molecule has 0 aromatic heterocycles. The fourth-order valence-corrected chi connectivity index (χ4v) is 5.07. The van der Waals surface area contributed by atoms with Gasteiger partial charge in [-0.15, -0.1) is 0 Å². The molecule has 1 heterocycles. The van der Waals surface area contributed by atoms with Crippen molar-refractivity contribution >= 4 is 14.7 Å². The molecule has 1 aliphatic heterocycles. The predicted octanol–water partition coefficient (Wildman–Crippen LogP) is 1.19. The molecule has 0 spiro atoms. The third kappa shape index (κ3) is 2.88. The van der Waals surface area contributed by atoms with Crippen molar-refractivity contribution < 1.29 is 18.1 Å². The molecule has 5 nitrogen and oxygen atoms in total. The molecule has 0 radical (unpaired) electrons. The van der Waals surface area contributed by atoms with Crippen LogP contribution in [0.15, 0.2) is 0 Å². The van der Waals surface area contributed by atoms with Crippen molar-refractivity contribution in [3.63, 3.8) is 0 Å². The predicted molar refractivity (Wildman–Crippen MR) is 66.4 cm³/mol. The third-order valence-corrected chi connectivity index (χ3v) is 6.43. The molecular weight excluding hydrogens is 238 g/mol. The molecule has 0 aromatic carbocycles. The molecule has 1 saturated heterocycles. The van der Waals surface area contributed by atoms with Crippen LogP contribution in [-0.2, 0) is 18.1 Å². The minimum Gasteiger partial charge on any atom is -0.376 e. The van der Waals surface area contributed by atoms with Gasteiger partial charge in [0.05, 0.1) is 0 Å². The van der Waals surface area contributed by atoms with Crippen LogP contribution in [0.3, 0.4) is 0 Å². The number of likely N-dealkylation sites (tertiary alicyclic amines) is 1. The highest BCUT2D eigenvalue weighted by Gasteiger charge is 2.51. The number of amides is 1. The summed E-state index contributed by atoms with van der Waals surface area (Å²) in [5.41, 5.74) is -0.0532. The molecule has 17 heavy (non-hydrogen) atoms. The first-order valence-corrected chi connectivity index (χ1v) is 7.90. The Morgan fingerprint density at radius 1 is 1.29 bits per heavy atom. The fraction of sp³-hybridized carbons (Fsp3) is 0.909. The molecule has 0 aromatic rings. The molecule has 1 fully saturated rings. The van der Waals surface area contributed by atoms with Crippen molar-refractivity contribution in [2.75, 3.05) is 27.9 Å². The average molecular weight is 261 g/mol. The van der Waals surface area contributed by atoms with Gasteiger partial charge in [0.15, 0.2) is 0 Å². The summed E-state index contributed by atoms with van der Waals surface area (Å²) in [5, 5.41) is 0. The molecule has 1 amide bonds. The molecule has 1 rings (SSSR count). The first kappa shape index (κ1) is 14.6. The molecular formula is C11H23NO4Si. The molecule has 0 saturated carbocycles. The first-order valence-electron chi connectivity index (χ1n) is 6.10. The maximum Gasteiger partial charge on any atom is 0.523 e. The van der Waals surface area contributed by atoms with Gasteiger partial charge in [-0.1, -0.05) is 13.3 Å². The van der Waals surface area contributed by atoms with Gasteiger partial charge >= 0.3 is 8.80 Å². The monoisotopic (exact) mass is 261 g/mol. The van der Waals surface area contributed by atoms with Crippen molar-refractivity contribution in [2.24, 2.45) is 0 Å².